The Hall–Kier alpha value is -0.830. The summed E-state index contributed by atoms with van der Waals surface area (Å²) in [6.07, 6.45) is 17.6. The average molecular weight is 291 g/mol. The summed E-state index contributed by atoms with van der Waals surface area (Å²) < 4.78 is 2.16. The minimum Gasteiger partial charge on any atom is -0.338 e. The fourth-order valence-corrected chi connectivity index (χ4v) is 3.59. The normalized spacial score (nSPS) is 18.6. The van der Waals surface area contributed by atoms with Gasteiger partial charge in [-0.1, -0.05) is 45.4 Å². The fourth-order valence-electron chi connectivity index (χ4n) is 3.59. The quantitative estimate of drug-likeness (QED) is 0.731. The monoisotopic (exact) mass is 291 g/mol. The maximum Gasteiger partial charge on any atom is 0.108 e. The van der Waals surface area contributed by atoms with Crippen LogP contribution in [0.25, 0.3) is 0 Å². The van der Waals surface area contributed by atoms with E-state index < -0.39 is 0 Å². The third kappa shape index (κ3) is 5.82. The number of rotatable bonds is 8. The molecule has 0 amide bonds. The van der Waals surface area contributed by atoms with Crippen molar-refractivity contribution in [2.24, 2.45) is 13.0 Å². The number of aryl methyl sites for hydroxylation is 2. The highest BCUT2D eigenvalue weighted by Crippen LogP contribution is 2.27. The molecule has 3 nitrogen and oxygen atoms in total. The minimum absolute atomic E-state index is 0.671. The van der Waals surface area contributed by atoms with E-state index in [2.05, 4.69) is 35.0 Å². The molecule has 1 saturated carbocycles. The van der Waals surface area contributed by atoms with E-state index in [0.29, 0.717) is 6.04 Å². The van der Waals surface area contributed by atoms with Crippen molar-refractivity contribution in [3.63, 3.8) is 0 Å². The summed E-state index contributed by atoms with van der Waals surface area (Å²) in [5.74, 6) is 2.17. The zero-order chi connectivity index (χ0) is 14.9. The molecule has 0 radical (unpaired) electrons. The molecule has 2 rings (SSSR count). The van der Waals surface area contributed by atoms with Gasteiger partial charge in [-0.15, -0.1) is 0 Å². The van der Waals surface area contributed by atoms with Crippen molar-refractivity contribution in [1.29, 1.82) is 0 Å². The first-order valence-corrected chi connectivity index (χ1v) is 8.99. The predicted octanol–water partition coefficient (Wildman–Crippen LogP) is 4.08. The lowest BCUT2D eigenvalue weighted by Crippen LogP contribution is -2.32. The van der Waals surface area contributed by atoms with Crippen LogP contribution < -0.4 is 5.32 Å². The Balaban J connectivity index is 1.82. The molecule has 1 fully saturated rings. The zero-order valence-electron chi connectivity index (χ0n) is 14.0. The predicted molar refractivity (Wildman–Crippen MR) is 89.4 cm³/mol. The van der Waals surface area contributed by atoms with Gasteiger partial charge in [-0.25, -0.2) is 4.98 Å². The lowest BCUT2D eigenvalue weighted by Gasteiger charge is -2.24. The molecule has 0 saturated heterocycles. The molecule has 0 bridgehead atoms. The van der Waals surface area contributed by atoms with E-state index in [0.717, 1.165) is 18.9 Å². The van der Waals surface area contributed by atoms with E-state index in [1.54, 1.807) is 0 Å². The second-order valence-corrected chi connectivity index (χ2v) is 6.74. The second-order valence-electron chi connectivity index (χ2n) is 6.74. The first-order chi connectivity index (χ1) is 10.3. The summed E-state index contributed by atoms with van der Waals surface area (Å²) in [7, 11) is 2.10. The van der Waals surface area contributed by atoms with Crippen molar-refractivity contribution in [2.75, 3.05) is 6.54 Å². The van der Waals surface area contributed by atoms with Crippen molar-refractivity contribution in [3.05, 3.63) is 18.2 Å². The molecule has 1 aliphatic rings. The van der Waals surface area contributed by atoms with Crippen LogP contribution in [0.4, 0.5) is 0 Å². The highest BCUT2D eigenvalue weighted by Gasteiger charge is 2.18. The number of aromatic nitrogens is 2. The van der Waals surface area contributed by atoms with Crippen LogP contribution in [0.5, 0.6) is 0 Å². The van der Waals surface area contributed by atoms with Gasteiger partial charge in [0.2, 0.25) is 0 Å². The number of hydrogen-bond donors (Lipinski definition) is 1. The molecule has 0 spiro atoms. The van der Waals surface area contributed by atoms with Crippen LogP contribution in [0, 0.1) is 5.92 Å². The van der Waals surface area contributed by atoms with Gasteiger partial charge in [0.05, 0.1) is 0 Å². The molecule has 120 valence electrons. The van der Waals surface area contributed by atoms with E-state index in [1.165, 1.54) is 63.6 Å². The van der Waals surface area contributed by atoms with Gasteiger partial charge >= 0.3 is 0 Å². The molecule has 0 aromatic carbocycles. The van der Waals surface area contributed by atoms with E-state index in [1.807, 2.05) is 6.20 Å². The lowest BCUT2D eigenvalue weighted by molar-refractivity contribution is 0.337. The molecule has 1 aliphatic carbocycles. The molecule has 1 atom stereocenters. The summed E-state index contributed by atoms with van der Waals surface area (Å²) in [6.45, 7) is 3.41. The van der Waals surface area contributed by atoms with Gasteiger partial charge in [0.15, 0.2) is 0 Å². The van der Waals surface area contributed by atoms with Crippen LogP contribution >= 0.6 is 0 Å². The van der Waals surface area contributed by atoms with Gasteiger partial charge in [-0.05, 0) is 31.7 Å². The van der Waals surface area contributed by atoms with Crippen molar-refractivity contribution >= 4 is 0 Å². The van der Waals surface area contributed by atoms with Gasteiger partial charge in [0, 0.05) is 31.9 Å². The highest BCUT2D eigenvalue weighted by atomic mass is 15.0. The van der Waals surface area contributed by atoms with Crippen molar-refractivity contribution < 1.29 is 0 Å². The number of nitrogens with zero attached hydrogens (tertiary/aromatic N) is 2. The largest absolute Gasteiger partial charge is 0.338 e. The number of nitrogens with one attached hydrogen (secondary N) is 1. The first-order valence-electron chi connectivity index (χ1n) is 8.99. The molecule has 1 heterocycles. The summed E-state index contributed by atoms with van der Waals surface area (Å²) in [5, 5.41) is 3.78. The minimum atomic E-state index is 0.671. The Labute approximate surface area is 130 Å². The Morgan fingerprint density at radius 1 is 1.29 bits per heavy atom. The summed E-state index contributed by atoms with van der Waals surface area (Å²) in [5.41, 5.74) is 0. The molecule has 1 aromatic heterocycles. The van der Waals surface area contributed by atoms with Gasteiger partial charge in [-0.3, -0.25) is 0 Å². The van der Waals surface area contributed by atoms with E-state index in [4.69, 9.17) is 0 Å². The van der Waals surface area contributed by atoms with Crippen LogP contribution in [0.1, 0.15) is 70.5 Å². The maximum absolute atomic E-state index is 4.47. The standard InChI is InChI=1S/C18H33N3/c1-3-12-19-17(10-11-18-20-13-14-21(18)2)15-16-8-6-4-5-7-9-16/h13-14,16-17,19H,3-12,15H2,1-2H3. The smallest absolute Gasteiger partial charge is 0.108 e. The van der Waals surface area contributed by atoms with Crippen LogP contribution in [0.15, 0.2) is 12.4 Å². The van der Waals surface area contributed by atoms with Crippen molar-refractivity contribution in [3.8, 4) is 0 Å². The Morgan fingerprint density at radius 2 is 2.05 bits per heavy atom. The topological polar surface area (TPSA) is 29.9 Å². The Bertz CT molecular complexity index is 378. The van der Waals surface area contributed by atoms with E-state index in [9.17, 15) is 0 Å². The summed E-state index contributed by atoms with van der Waals surface area (Å²) in [4.78, 5) is 4.47. The number of imidazole rings is 1. The zero-order valence-corrected chi connectivity index (χ0v) is 14.0. The van der Waals surface area contributed by atoms with Crippen LogP contribution in [-0.4, -0.2) is 22.1 Å². The van der Waals surface area contributed by atoms with Crippen molar-refractivity contribution in [2.45, 2.75) is 77.2 Å². The first kappa shape index (κ1) is 16.5. The van der Waals surface area contributed by atoms with Gasteiger partial charge in [0.1, 0.15) is 5.82 Å². The fraction of sp³-hybridized carbons (Fsp3) is 0.833. The summed E-state index contributed by atoms with van der Waals surface area (Å²) >= 11 is 0. The third-order valence-corrected chi connectivity index (χ3v) is 4.91. The average Bonchev–Trinajstić information content (AvgIpc) is 2.74. The van der Waals surface area contributed by atoms with Crippen LogP contribution in [0.2, 0.25) is 0 Å². The molecular formula is C18H33N3. The molecule has 1 N–H and O–H groups in total. The van der Waals surface area contributed by atoms with Gasteiger partial charge in [-0.2, -0.15) is 0 Å². The van der Waals surface area contributed by atoms with Crippen LogP contribution in [0.3, 0.4) is 0 Å². The number of hydrogen-bond acceptors (Lipinski definition) is 2. The maximum atomic E-state index is 4.47. The molecule has 21 heavy (non-hydrogen) atoms. The van der Waals surface area contributed by atoms with Crippen LogP contribution in [-0.2, 0) is 13.5 Å². The molecule has 1 aromatic rings. The second kappa shape index (κ2) is 9.24. The lowest BCUT2D eigenvalue weighted by atomic mass is 9.90. The SMILES string of the molecule is CCCNC(CCc1nccn1C)CC1CCCCCC1. The Kier molecular flexibility index (Phi) is 7.28. The molecule has 0 aliphatic heterocycles. The van der Waals surface area contributed by atoms with Crippen molar-refractivity contribution in [1.82, 2.24) is 14.9 Å². The van der Waals surface area contributed by atoms with Gasteiger partial charge in [0.25, 0.3) is 0 Å². The molecule has 1 unspecified atom stereocenters. The van der Waals surface area contributed by atoms with Gasteiger partial charge < -0.3 is 9.88 Å². The summed E-state index contributed by atoms with van der Waals surface area (Å²) in [6, 6.07) is 0.671. The molecular weight excluding hydrogens is 258 g/mol. The Morgan fingerprint density at radius 3 is 2.67 bits per heavy atom. The van der Waals surface area contributed by atoms with E-state index in [-0.39, 0.29) is 0 Å². The van der Waals surface area contributed by atoms with E-state index >= 15 is 0 Å². The third-order valence-electron chi connectivity index (χ3n) is 4.91. The highest BCUT2D eigenvalue weighted by molar-refractivity contribution is 4.92. The molecule has 3 heteroatoms.